The van der Waals surface area contributed by atoms with Crippen LogP contribution in [0.2, 0.25) is 0 Å². The first-order valence-corrected chi connectivity index (χ1v) is 10.6. The fourth-order valence-corrected chi connectivity index (χ4v) is 3.69. The Hall–Kier alpha value is -2.80. The normalized spacial score (nSPS) is 15.6. The number of nitrogens with zero attached hydrogens (tertiary/aromatic N) is 3. The summed E-state index contributed by atoms with van der Waals surface area (Å²) in [5.74, 6) is 2.31. The van der Waals surface area contributed by atoms with Crippen molar-refractivity contribution in [3.05, 3.63) is 53.7 Å². The molecule has 30 heavy (non-hydrogen) atoms. The molecule has 0 spiro atoms. The Morgan fingerprint density at radius 2 is 1.97 bits per heavy atom. The van der Waals surface area contributed by atoms with E-state index in [0.717, 1.165) is 43.5 Å². The standard InChI is InChI=1S/C23H33N5O2/c1-4-24-23(26-16-18-10-11-22(30-3)25-15-18)27-17-21(28-12-5-6-13-28)19-8-7-9-20(14-19)29-2/h7-11,14-15,21H,4-6,12-13,16-17H2,1-3H3,(H2,24,26,27). The summed E-state index contributed by atoms with van der Waals surface area (Å²) in [7, 11) is 3.33. The van der Waals surface area contributed by atoms with E-state index in [1.165, 1.54) is 18.4 Å². The second-order valence-corrected chi connectivity index (χ2v) is 7.32. The largest absolute Gasteiger partial charge is 0.497 e. The van der Waals surface area contributed by atoms with E-state index in [0.29, 0.717) is 12.4 Å². The number of pyridine rings is 1. The Morgan fingerprint density at radius 1 is 1.13 bits per heavy atom. The van der Waals surface area contributed by atoms with E-state index < -0.39 is 0 Å². The number of likely N-dealkylation sites (tertiary alicyclic amines) is 1. The van der Waals surface area contributed by atoms with Crippen LogP contribution in [0.15, 0.2) is 47.6 Å². The molecule has 0 amide bonds. The monoisotopic (exact) mass is 411 g/mol. The summed E-state index contributed by atoms with van der Waals surface area (Å²) in [6, 6.07) is 12.5. The zero-order valence-corrected chi connectivity index (χ0v) is 18.2. The van der Waals surface area contributed by atoms with Crippen LogP contribution in [0.4, 0.5) is 0 Å². The van der Waals surface area contributed by atoms with Gasteiger partial charge in [0.05, 0.1) is 26.8 Å². The summed E-state index contributed by atoms with van der Waals surface area (Å²) in [5, 5.41) is 6.88. The number of hydrogen-bond donors (Lipinski definition) is 2. The van der Waals surface area contributed by atoms with Crippen LogP contribution in [0.3, 0.4) is 0 Å². The van der Waals surface area contributed by atoms with Gasteiger partial charge >= 0.3 is 0 Å². The van der Waals surface area contributed by atoms with Gasteiger partial charge in [0, 0.05) is 25.4 Å². The van der Waals surface area contributed by atoms with E-state index >= 15 is 0 Å². The number of rotatable bonds is 9. The van der Waals surface area contributed by atoms with Crippen molar-refractivity contribution in [1.29, 1.82) is 0 Å². The maximum absolute atomic E-state index is 5.45. The Labute approximate surface area is 179 Å². The van der Waals surface area contributed by atoms with Gasteiger partial charge in [-0.3, -0.25) is 4.90 Å². The minimum absolute atomic E-state index is 0.272. The molecule has 1 aromatic heterocycles. The van der Waals surface area contributed by atoms with Crippen molar-refractivity contribution in [2.24, 2.45) is 4.99 Å². The lowest BCUT2D eigenvalue weighted by atomic mass is 10.1. The zero-order valence-electron chi connectivity index (χ0n) is 18.2. The SMILES string of the molecule is CCNC(=NCc1ccc(OC)nc1)NCC(c1cccc(OC)c1)N1CCCC1. The number of aliphatic imine (C=N–C) groups is 1. The molecular formula is C23H33N5O2. The average molecular weight is 412 g/mol. The number of ether oxygens (including phenoxy) is 2. The number of benzene rings is 1. The van der Waals surface area contributed by atoms with E-state index in [1.54, 1.807) is 20.4 Å². The zero-order chi connectivity index (χ0) is 21.2. The lowest BCUT2D eigenvalue weighted by Gasteiger charge is -2.29. The molecule has 0 bridgehead atoms. The van der Waals surface area contributed by atoms with Gasteiger partial charge in [0.25, 0.3) is 0 Å². The first-order chi connectivity index (χ1) is 14.7. The van der Waals surface area contributed by atoms with Gasteiger partial charge in [-0.1, -0.05) is 18.2 Å². The maximum Gasteiger partial charge on any atom is 0.212 e. The molecule has 7 heteroatoms. The van der Waals surface area contributed by atoms with Gasteiger partial charge in [-0.2, -0.15) is 0 Å². The van der Waals surface area contributed by atoms with Crippen LogP contribution < -0.4 is 20.1 Å². The van der Waals surface area contributed by atoms with Gasteiger partial charge in [-0.15, -0.1) is 0 Å². The van der Waals surface area contributed by atoms with Crippen molar-refractivity contribution < 1.29 is 9.47 Å². The Balaban J connectivity index is 1.69. The number of guanidine groups is 1. The molecule has 1 atom stereocenters. The Morgan fingerprint density at radius 3 is 2.63 bits per heavy atom. The highest BCUT2D eigenvalue weighted by Crippen LogP contribution is 2.27. The molecule has 3 rings (SSSR count). The van der Waals surface area contributed by atoms with Gasteiger partial charge < -0.3 is 20.1 Å². The van der Waals surface area contributed by atoms with Crippen LogP contribution in [0.25, 0.3) is 0 Å². The molecule has 1 saturated heterocycles. The molecule has 0 aliphatic carbocycles. The first-order valence-electron chi connectivity index (χ1n) is 10.6. The van der Waals surface area contributed by atoms with Gasteiger partial charge in [0.1, 0.15) is 5.75 Å². The van der Waals surface area contributed by atoms with Crippen LogP contribution in [-0.4, -0.2) is 56.2 Å². The molecule has 1 fully saturated rings. The first kappa shape index (κ1) is 21.9. The molecule has 1 aliphatic rings. The van der Waals surface area contributed by atoms with E-state index in [9.17, 15) is 0 Å². The average Bonchev–Trinajstić information content (AvgIpc) is 3.32. The summed E-state index contributed by atoms with van der Waals surface area (Å²) < 4.78 is 10.6. The fourth-order valence-electron chi connectivity index (χ4n) is 3.69. The third-order valence-corrected chi connectivity index (χ3v) is 5.29. The van der Waals surface area contributed by atoms with Crippen LogP contribution in [0.1, 0.15) is 36.9 Å². The number of nitrogens with one attached hydrogen (secondary N) is 2. The molecule has 2 heterocycles. The van der Waals surface area contributed by atoms with Crippen molar-refractivity contribution in [1.82, 2.24) is 20.5 Å². The molecule has 0 radical (unpaired) electrons. The smallest absolute Gasteiger partial charge is 0.212 e. The Bertz CT molecular complexity index is 803. The molecule has 1 aromatic carbocycles. The molecule has 2 N–H and O–H groups in total. The van der Waals surface area contributed by atoms with E-state index in [4.69, 9.17) is 14.5 Å². The van der Waals surface area contributed by atoms with E-state index in [1.807, 2.05) is 18.2 Å². The van der Waals surface area contributed by atoms with Gasteiger partial charge in [0.2, 0.25) is 5.88 Å². The summed E-state index contributed by atoms with van der Waals surface area (Å²) in [4.78, 5) is 11.5. The van der Waals surface area contributed by atoms with E-state index in [-0.39, 0.29) is 6.04 Å². The van der Waals surface area contributed by atoms with Crippen LogP contribution >= 0.6 is 0 Å². The number of hydrogen-bond acceptors (Lipinski definition) is 5. The third-order valence-electron chi connectivity index (χ3n) is 5.29. The third kappa shape index (κ3) is 6.10. The highest BCUT2D eigenvalue weighted by molar-refractivity contribution is 5.79. The predicted molar refractivity (Wildman–Crippen MR) is 120 cm³/mol. The quantitative estimate of drug-likeness (QED) is 0.488. The number of methoxy groups -OCH3 is 2. The second-order valence-electron chi connectivity index (χ2n) is 7.32. The second kappa shape index (κ2) is 11.4. The lowest BCUT2D eigenvalue weighted by molar-refractivity contribution is 0.245. The van der Waals surface area contributed by atoms with Gasteiger partial charge in [0.15, 0.2) is 5.96 Å². The van der Waals surface area contributed by atoms with Crippen molar-refractivity contribution >= 4 is 5.96 Å². The highest BCUT2D eigenvalue weighted by Gasteiger charge is 2.24. The number of aromatic nitrogens is 1. The van der Waals surface area contributed by atoms with E-state index in [2.05, 4.69) is 45.6 Å². The highest BCUT2D eigenvalue weighted by atomic mass is 16.5. The molecule has 162 valence electrons. The topological polar surface area (TPSA) is 71.0 Å². The predicted octanol–water partition coefficient (Wildman–Crippen LogP) is 2.99. The minimum atomic E-state index is 0.272. The summed E-state index contributed by atoms with van der Waals surface area (Å²) in [5.41, 5.74) is 2.30. The van der Waals surface area contributed by atoms with Crippen LogP contribution in [-0.2, 0) is 6.54 Å². The summed E-state index contributed by atoms with van der Waals surface area (Å²) >= 11 is 0. The fraction of sp³-hybridized carbons (Fsp3) is 0.478. The van der Waals surface area contributed by atoms with Crippen LogP contribution in [0.5, 0.6) is 11.6 Å². The lowest BCUT2D eigenvalue weighted by Crippen LogP contribution is -2.42. The molecule has 7 nitrogen and oxygen atoms in total. The molecule has 0 saturated carbocycles. The van der Waals surface area contributed by atoms with Gasteiger partial charge in [-0.25, -0.2) is 9.98 Å². The Kier molecular flexibility index (Phi) is 8.32. The van der Waals surface area contributed by atoms with Crippen molar-refractivity contribution in [2.75, 3.05) is 40.4 Å². The molecule has 1 aliphatic heterocycles. The van der Waals surface area contributed by atoms with Gasteiger partial charge in [-0.05, 0) is 56.1 Å². The van der Waals surface area contributed by atoms with Crippen molar-refractivity contribution in [3.8, 4) is 11.6 Å². The molecule has 1 unspecified atom stereocenters. The summed E-state index contributed by atoms with van der Waals surface area (Å²) in [6.45, 7) is 6.45. The summed E-state index contributed by atoms with van der Waals surface area (Å²) in [6.07, 6.45) is 4.30. The molecular weight excluding hydrogens is 378 g/mol. The van der Waals surface area contributed by atoms with Crippen molar-refractivity contribution in [3.63, 3.8) is 0 Å². The van der Waals surface area contributed by atoms with Crippen molar-refractivity contribution in [2.45, 2.75) is 32.4 Å². The maximum atomic E-state index is 5.45. The molecule has 2 aromatic rings. The van der Waals surface area contributed by atoms with Crippen LogP contribution in [0, 0.1) is 0 Å². The minimum Gasteiger partial charge on any atom is -0.497 e.